The van der Waals surface area contributed by atoms with E-state index in [2.05, 4.69) is 63.8 Å². The zero-order valence-electron chi connectivity index (χ0n) is 11.9. The van der Waals surface area contributed by atoms with Crippen LogP contribution in [-0.4, -0.2) is 0 Å². The van der Waals surface area contributed by atoms with Crippen molar-refractivity contribution in [3.63, 3.8) is 0 Å². The lowest BCUT2D eigenvalue weighted by Crippen LogP contribution is -2.13. The minimum Gasteiger partial charge on any atom is -0.0949 e. The van der Waals surface area contributed by atoms with E-state index in [9.17, 15) is 0 Å². The molecule has 0 amide bonds. The summed E-state index contributed by atoms with van der Waals surface area (Å²) in [7, 11) is 0. The van der Waals surface area contributed by atoms with Crippen LogP contribution in [0.2, 0.25) is 0 Å². The predicted octanol–water partition coefficient (Wildman–Crippen LogP) is 5.06. The summed E-state index contributed by atoms with van der Waals surface area (Å²) >= 11 is 0. The summed E-state index contributed by atoms with van der Waals surface area (Å²) in [4.78, 5) is 0. The fourth-order valence-corrected chi connectivity index (χ4v) is 2.63. The average molecular weight is 238 g/mol. The van der Waals surface area contributed by atoms with Crippen LogP contribution in [0.4, 0.5) is 0 Å². The zero-order chi connectivity index (χ0) is 13.3. The molecule has 0 spiro atoms. The van der Waals surface area contributed by atoms with Gasteiger partial charge in [0.25, 0.3) is 0 Å². The summed E-state index contributed by atoms with van der Waals surface area (Å²) in [5.74, 6) is 0. The number of allylic oxidation sites excluding steroid dienone is 5. The molecule has 0 saturated heterocycles. The van der Waals surface area contributed by atoms with Crippen molar-refractivity contribution < 1.29 is 0 Å². The van der Waals surface area contributed by atoms with Crippen molar-refractivity contribution in [2.45, 2.75) is 39.5 Å². The summed E-state index contributed by atoms with van der Waals surface area (Å²) in [5.41, 5.74) is 7.01. The fourth-order valence-electron chi connectivity index (χ4n) is 2.63. The van der Waals surface area contributed by atoms with Crippen LogP contribution in [0.1, 0.15) is 44.4 Å². The van der Waals surface area contributed by atoms with Crippen molar-refractivity contribution in [3.05, 3.63) is 65.3 Å². The van der Waals surface area contributed by atoms with E-state index in [0.29, 0.717) is 0 Å². The third-order valence-corrected chi connectivity index (χ3v) is 3.50. The molecule has 0 aliphatic heterocycles. The highest BCUT2D eigenvalue weighted by Crippen LogP contribution is 2.40. The molecule has 0 heterocycles. The van der Waals surface area contributed by atoms with E-state index in [4.69, 9.17) is 0 Å². The van der Waals surface area contributed by atoms with Gasteiger partial charge >= 0.3 is 0 Å². The van der Waals surface area contributed by atoms with Gasteiger partial charge in [0.05, 0.1) is 0 Å². The molecule has 0 aromatic heterocycles. The standard InChI is InChI=1S/C18H22/c1-6-7-9-14-13(2)12-16-15(14)10-8-11-17(16)18(3,4)5/h6-11H,2,12H2,1,3-5H3/b7-6-,14-9+. The summed E-state index contributed by atoms with van der Waals surface area (Å²) in [6.07, 6.45) is 7.33. The second-order valence-corrected chi connectivity index (χ2v) is 5.97. The molecular formula is C18H22. The molecule has 0 fully saturated rings. The topological polar surface area (TPSA) is 0 Å². The van der Waals surface area contributed by atoms with Gasteiger partial charge in [-0.3, -0.25) is 0 Å². The Bertz CT molecular complexity index is 534. The van der Waals surface area contributed by atoms with Gasteiger partial charge in [-0.05, 0) is 46.6 Å². The number of hydrogen-bond acceptors (Lipinski definition) is 0. The maximum atomic E-state index is 4.22. The Hall–Kier alpha value is -1.56. The van der Waals surface area contributed by atoms with Crippen LogP contribution in [0.15, 0.2) is 48.6 Å². The van der Waals surface area contributed by atoms with Crippen LogP contribution in [0.3, 0.4) is 0 Å². The molecule has 0 heteroatoms. The van der Waals surface area contributed by atoms with Gasteiger partial charge in [0.1, 0.15) is 0 Å². The quantitative estimate of drug-likeness (QED) is 0.642. The van der Waals surface area contributed by atoms with Crippen molar-refractivity contribution in [2.75, 3.05) is 0 Å². The third kappa shape index (κ3) is 2.20. The van der Waals surface area contributed by atoms with E-state index in [1.54, 1.807) is 0 Å². The molecule has 0 radical (unpaired) electrons. The van der Waals surface area contributed by atoms with Crippen molar-refractivity contribution in [3.8, 4) is 0 Å². The molecule has 18 heavy (non-hydrogen) atoms. The largest absolute Gasteiger partial charge is 0.0949 e. The van der Waals surface area contributed by atoms with Crippen molar-refractivity contribution in [2.24, 2.45) is 0 Å². The highest BCUT2D eigenvalue weighted by molar-refractivity contribution is 5.87. The SMILES string of the molecule is C=C1Cc2c(cccc2C(C)(C)C)/C1=C/C=C\C. The maximum Gasteiger partial charge on any atom is -0.00164 e. The van der Waals surface area contributed by atoms with Gasteiger partial charge in [-0.15, -0.1) is 0 Å². The molecule has 0 atom stereocenters. The molecular weight excluding hydrogens is 216 g/mol. The lowest BCUT2D eigenvalue weighted by atomic mass is 9.82. The Morgan fingerprint density at radius 2 is 1.94 bits per heavy atom. The van der Waals surface area contributed by atoms with E-state index in [-0.39, 0.29) is 5.41 Å². The van der Waals surface area contributed by atoms with E-state index in [1.165, 1.54) is 27.8 Å². The molecule has 0 nitrogen and oxygen atoms in total. The van der Waals surface area contributed by atoms with Gasteiger partial charge in [-0.25, -0.2) is 0 Å². The average Bonchev–Trinajstić information content (AvgIpc) is 2.60. The zero-order valence-corrected chi connectivity index (χ0v) is 11.9. The summed E-state index contributed by atoms with van der Waals surface area (Å²) in [5, 5.41) is 0. The molecule has 2 rings (SSSR count). The molecule has 0 unspecified atom stereocenters. The van der Waals surface area contributed by atoms with Gasteiger partial charge in [-0.1, -0.05) is 63.8 Å². The van der Waals surface area contributed by atoms with Gasteiger partial charge in [0.15, 0.2) is 0 Å². The highest BCUT2D eigenvalue weighted by atomic mass is 14.3. The monoisotopic (exact) mass is 238 g/mol. The van der Waals surface area contributed by atoms with Crippen LogP contribution in [0.25, 0.3) is 5.57 Å². The second kappa shape index (κ2) is 4.61. The van der Waals surface area contributed by atoms with E-state index in [0.717, 1.165) is 6.42 Å². The number of benzene rings is 1. The van der Waals surface area contributed by atoms with Gasteiger partial charge in [-0.2, -0.15) is 0 Å². The Kier molecular flexibility index (Phi) is 3.30. The Morgan fingerprint density at radius 3 is 2.56 bits per heavy atom. The van der Waals surface area contributed by atoms with Crippen LogP contribution >= 0.6 is 0 Å². The smallest absolute Gasteiger partial charge is 0.00164 e. The molecule has 1 aliphatic rings. The molecule has 0 saturated carbocycles. The van der Waals surface area contributed by atoms with Crippen LogP contribution < -0.4 is 0 Å². The van der Waals surface area contributed by atoms with Gasteiger partial charge in [0, 0.05) is 0 Å². The molecule has 1 aliphatic carbocycles. The van der Waals surface area contributed by atoms with Crippen LogP contribution in [0.5, 0.6) is 0 Å². The minimum absolute atomic E-state index is 0.196. The van der Waals surface area contributed by atoms with E-state index >= 15 is 0 Å². The lowest BCUT2D eigenvalue weighted by molar-refractivity contribution is 0.585. The molecule has 1 aromatic carbocycles. The molecule has 0 N–H and O–H groups in total. The third-order valence-electron chi connectivity index (χ3n) is 3.50. The molecule has 1 aromatic rings. The molecule has 94 valence electrons. The van der Waals surface area contributed by atoms with Crippen molar-refractivity contribution in [1.29, 1.82) is 0 Å². The normalized spacial score (nSPS) is 17.8. The summed E-state index contributed by atoms with van der Waals surface area (Å²) in [6, 6.07) is 6.64. The first kappa shape index (κ1) is 12.9. The fraction of sp³-hybridized carbons (Fsp3) is 0.333. The van der Waals surface area contributed by atoms with Gasteiger partial charge < -0.3 is 0 Å². The summed E-state index contributed by atoms with van der Waals surface area (Å²) < 4.78 is 0. The van der Waals surface area contributed by atoms with Crippen LogP contribution in [-0.2, 0) is 11.8 Å². The lowest BCUT2D eigenvalue weighted by Gasteiger charge is -2.22. The Balaban J connectivity index is 2.60. The molecule has 0 bridgehead atoms. The first-order chi connectivity index (χ1) is 8.45. The van der Waals surface area contributed by atoms with Crippen molar-refractivity contribution in [1.82, 2.24) is 0 Å². The number of rotatable bonds is 1. The summed E-state index contributed by atoms with van der Waals surface area (Å²) in [6.45, 7) is 13.1. The number of fused-ring (bicyclic) bond motifs is 1. The van der Waals surface area contributed by atoms with Gasteiger partial charge in [0.2, 0.25) is 0 Å². The maximum absolute atomic E-state index is 4.22. The first-order valence-corrected chi connectivity index (χ1v) is 6.59. The predicted molar refractivity (Wildman–Crippen MR) is 80.8 cm³/mol. The van der Waals surface area contributed by atoms with E-state index < -0.39 is 0 Å². The number of hydrogen-bond donors (Lipinski definition) is 0. The first-order valence-electron chi connectivity index (χ1n) is 6.59. The van der Waals surface area contributed by atoms with E-state index in [1.807, 2.05) is 6.92 Å². The Morgan fingerprint density at radius 1 is 1.22 bits per heavy atom. The van der Waals surface area contributed by atoms with Crippen LogP contribution in [0, 0.1) is 0 Å². The Labute approximate surface area is 111 Å². The second-order valence-electron chi connectivity index (χ2n) is 5.97. The highest BCUT2D eigenvalue weighted by Gasteiger charge is 2.26. The minimum atomic E-state index is 0.196. The van der Waals surface area contributed by atoms with Crippen molar-refractivity contribution >= 4 is 5.57 Å².